The Hall–Kier alpha value is -2.63. The molecule has 1 amide bonds. The van der Waals surface area contributed by atoms with Crippen molar-refractivity contribution in [1.82, 2.24) is 5.32 Å². The van der Waals surface area contributed by atoms with Crippen molar-refractivity contribution in [3.8, 4) is 0 Å². The maximum absolute atomic E-state index is 14.2. The monoisotopic (exact) mass is 427 g/mol. The summed E-state index contributed by atoms with van der Waals surface area (Å²) >= 11 is 7.07. The van der Waals surface area contributed by atoms with E-state index in [0.717, 1.165) is 22.9 Å². The van der Waals surface area contributed by atoms with Crippen LogP contribution in [0.4, 0.5) is 4.39 Å². The first-order valence-electron chi connectivity index (χ1n) is 8.97. The van der Waals surface area contributed by atoms with Crippen LogP contribution in [0.15, 0.2) is 77.7 Å². The minimum Gasteiger partial charge on any atom is -0.344 e. The average molecular weight is 428 g/mol. The molecule has 0 aliphatic heterocycles. The van der Waals surface area contributed by atoms with E-state index in [9.17, 15) is 14.0 Å². The molecule has 0 fully saturated rings. The van der Waals surface area contributed by atoms with Crippen molar-refractivity contribution in [3.05, 3.63) is 100 Å². The number of Topliss-reactive ketones (excluding diaryl/α,β-unsaturated/α-hetero) is 1. The van der Waals surface area contributed by atoms with Gasteiger partial charge < -0.3 is 5.32 Å². The second-order valence-electron chi connectivity index (χ2n) is 6.45. The van der Waals surface area contributed by atoms with Gasteiger partial charge in [0.05, 0.1) is 11.8 Å². The van der Waals surface area contributed by atoms with Gasteiger partial charge in [0.1, 0.15) is 5.82 Å². The molecule has 0 saturated carbocycles. The number of rotatable bonds is 7. The van der Waals surface area contributed by atoms with Gasteiger partial charge in [-0.05, 0) is 42.3 Å². The Morgan fingerprint density at radius 3 is 2.28 bits per heavy atom. The molecular formula is C23H19ClFNO2S. The molecule has 0 radical (unpaired) electrons. The molecule has 0 bridgehead atoms. The summed E-state index contributed by atoms with van der Waals surface area (Å²) in [5.41, 5.74) is 2.14. The fourth-order valence-electron chi connectivity index (χ4n) is 2.84. The zero-order chi connectivity index (χ0) is 20.8. The Morgan fingerprint density at radius 1 is 1.00 bits per heavy atom. The number of hydrogen-bond donors (Lipinski definition) is 1. The second kappa shape index (κ2) is 9.72. The lowest BCUT2D eigenvalue weighted by atomic mass is 9.99. The van der Waals surface area contributed by atoms with Crippen molar-refractivity contribution in [2.45, 2.75) is 17.9 Å². The number of carbonyl (C=O) groups is 2. The molecule has 0 heterocycles. The highest BCUT2D eigenvalue weighted by molar-refractivity contribution is 8.00. The van der Waals surface area contributed by atoms with Gasteiger partial charge in [-0.1, -0.05) is 60.1 Å². The molecule has 3 nitrogen and oxygen atoms in total. The molecule has 0 spiro atoms. The molecule has 0 saturated heterocycles. The lowest BCUT2D eigenvalue weighted by molar-refractivity contribution is -0.119. The van der Waals surface area contributed by atoms with E-state index in [0.29, 0.717) is 15.5 Å². The van der Waals surface area contributed by atoms with Crippen molar-refractivity contribution in [3.63, 3.8) is 0 Å². The number of thioether (sulfide) groups is 1. The highest BCUT2D eigenvalue weighted by Crippen LogP contribution is 2.26. The summed E-state index contributed by atoms with van der Waals surface area (Å²) in [6.45, 7) is 1.38. The first-order chi connectivity index (χ1) is 13.9. The summed E-state index contributed by atoms with van der Waals surface area (Å²) in [4.78, 5) is 24.3. The van der Waals surface area contributed by atoms with Crippen LogP contribution in [-0.4, -0.2) is 17.4 Å². The molecule has 1 unspecified atom stereocenters. The number of halogens is 2. The molecule has 3 rings (SSSR count). The highest BCUT2D eigenvalue weighted by atomic mass is 35.5. The van der Waals surface area contributed by atoms with Gasteiger partial charge >= 0.3 is 0 Å². The van der Waals surface area contributed by atoms with Gasteiger partial charge in [0.25, 0.3) is 0 Å². The highest BCUT2D eigenvalue weighted by Gasteiger charge is 2.17. The Morgan fingerprint density at radius 2 is 1.66 bits per heavy atom. The third-order valence-electron chi connectivity index (χ3n) is 4.34. The van der Waals surface area contributed by atoms with E-state index in [1.807, 2.05) is 42.5 Å². The maximum atomic E-state index is 14.2. The molecule has 1 N–H and O–H groups in total. The smallest absolute Gasteiger partial charge is 0.231 e. The zero-order valence-corrected chi connectivity index (χ0v) is 17.3. The molecule has 0 aliphatic carbocycles. The van der Waals surface area contributed by atoms with Crippen LogP contribution >= 0.6 is 23.4 Å². The van der Waals surface area contributed by atoms with E-state index in [-0.39, 0.29) is 23.5 Å². The molecular weight excluding hydrogens is 409 g/mol. The average Bonchev–Trinajstić information content (AvgIpc) is 2.72. The number of carbonyl (C=O) groups excluding carboxylic acids is 2. The van der Waals surface area contributed by atoms with E-state index in [2.05, 4.69) is 5.32 Å². The summed E-state index contributed by atoms with van der Waals surface area (Å²) in [5, 5.41) is 3.63. The Kier molecular flexibility index (Phi) is 7.07. The van der Waals surface area contributed by atoms with Crippen LogP contribution in [0.1, 0.15) is 34.5 Å². The van der Waals surface area contributed by atoms with E-state index < -0.39 is 5.82 Å². The summed E-state index contributed by atoms with van der Waals surface area (Å²) in [7, 11) is 0. The van der Waals surface area contributed by atoms with Crippen LogP contribution in [0.3, 0.4) is 0 Å². The van der Waals surface area contributed by atoms with Gasteiger partial charge in [0, 0.05) is 15.5 Å². The third kappa shape index (κ3) is 5.68. The number of nitrogens with one attached hydrogen (secondary N) is 1. The van der Waals surface area contributed by atoms with Crippen molar-refractivity contribution < 1.29 is 14.0 Å². The van der Waals surface area contributed by atoms with Crippen LogP contribution in [0, 0.1) is 5.82 Å². The Balaban J connectivity index is 1.72. The lowest BCUT2D eigenvalue weighted by Crippen LogP contribution is -2.30. The van der Waals surface area contributed by atoms with Crippen LogP contribution in [0.25, 0.3) is 0 Å². The minimum absolute atomic E-state index is 0.0489. The predicted octanol–water partition coefficient (Wildman–Crippen LogP) is 5.68. The number of benzene rings is 3. The molecule has 0 aromatic heterocycles. The standard InChI is InChI=1S/C23H19ClFNO2S/c1-15(27)18-9-12-21(20(25)13-18)29-14-22(28)26-23(16-5-3-2-4-6-16)17-7-10-19(24)11-8-17/h2-13,23H,14H2,1H3,(H,26,28). The van der Waals surface area contributed by atoms with Gasteiger partial charge in [0.15, 0.2) is 5.78 Å². The summed E-state index contributed by atoms with van der Waals surface area (Å²) in [6.07, 6.45) is 0. The first-order valence-corrected chi connectivity index (χ1v) is 10.3. The first kappa shape index (κ1) is 21.1. The molecule has 0 aliphatic rings. The molecule has 3 aromatic carbocycles. The molecule has 6 heteroatoms. The van der Waals surface area contributed by atoms with E-state index in [1.54, 1.807) is 18.2 Å². The summed E-state index contributed by atoms with van der Waals surface area (Å²) in [5.74, 6) is -0.888. The fourth-order valence-corrected chi connectivity index (χ4v) is 3.70. The largest absolute Gasteiger partial charge is 0.344 e. The van der Waals surface area contributed by atoms with Gasteiger partial charge in [-0.15, -0.1) is 11.8 Å². The van der Waals surface area contributed by atoms with Crippen molar-refractivity contribution in [2.24, 2.45) is 0 Å². The van der Waals surface area contributed by atoms with Crippen LogP contribution < -0.4 is 5.32 Å². The van der Waals surface area contributed by atoms with Crippen molar-refractivity contribution in [2.75, 3.05) is 5.75 Å². The molecule has 1 atom stereocenters. The van der Waals surface area contributed by atoms with Gasteiger partial charge in [-0.2, -0.15) is 0 Å². The van der Waals surface area contributed by atoms with Crippen molar-refractivity contribution in [1.29, 1.82) is 0 Å². The zero-order valence-electron chi connectivity index (χ0n) is 15.7. The van der Waals surface area contributed by atoms with Gasteiger partial charge in [0.2, 0.25) is 5.91 Å². The van der Waals surface area contributed by atoms with Crippen LogP contribution in [0.5, 0.6) is 0 Å². The second-order valence-corrected chi connectivity index (χ2v) is 7.91. The van der Waals surface area contributed by atoms with E-state index in [4.69, 9.17) is 11.6 Å². The minimum atomic E-state index is -0.507. The number of amides is 1. The lowest BCUT2D eigenvalue weighted by Gasteiger charge is -2.20. The van der Waals surface area contributed by atoms with Gasteiger partial charge in [-0.3, -0.25) is 9.59 Å². The number of ketones is 1. The van der Waals surface area contributed by atoms with Crippen LogP contribution in [0.2, 0.25) is 5.02 Å². The van der Waals surface area contributed by atoms with Crippen LogP contribution in [-0.2, 0) is 4.79 Å². The SMILES string of the molecule is CC(=O)c1ccc(SCC(=O)NC(c2ccccc2)c2ccc(Cl)cc2)c(F)c1. The number of hydrogen-bond acceptors (Lipinski definition) is 3. The summed E-state index contributed by atoms with van der Waals surface area (Å²) in [6, 6.07) is 20.8. The quantitative estimate of drug-likeness (QED) is 0.389. The Labute approximate surface area is 178 Å². The van der Waals surface area contributed by atoms with E-state index >= 15 is 0 Å². The Bertz CT molecular complexity index is 1010. The molecule has 29 heavy (non-hydrogen) atoms. The molecule has 148 valence electrons. The topological polar surface area (TPSA) is 46.2 Å². The normalized spacial score (nSPS) is 11.7. The van der Waals surface area contributed by atoms with Crippen molar-refractivity contribution >= 4 is 35.1 Å². The van der Waals surface area contributed by atoms with E-state index in [1.165, 1.54) is 19.1 Å². The fraction of sp³-hybridized carbons (Fsp3) is 0.130. The maximum Gasteiger partial charge on any atom is 0.231 e. The molecule has 3 aromatic rings. The third-order valence-corrected chi connectivity index (χ3v) is 5.64. The van der Waals surface area contributed by atoms with Gasteiger partial charge in [-0.25, -0.2) is 4.39 Å². The predicted molar refractivity (Wildman–Crippen MR) is 115 cm³/mol. The summed E-state index contributed by atoms with van der Waals surface area (Å²) < 4.78 is 14.2.